The monoisotopic (exact) mass is 425 g/mol. The molecular weight excluding hydrogens is 402 g/mol. The smallest absolute Gasteiger partial charge is 0.294 e. The van der Waals surface area contributed by atoms with E-state index >= 15 is 0 Å². The van der Waals surface area contributed by atoms with Gasteiger partial charge in [-0.15, -0.1) is 0 Å². The van der Waals surface area contributed by atoms with Gasteiger partial charge in [0, 0.05) is 22.7 Å². The highest BCUT2D eigenvalue weighted by atomic mass is 32.2. The minimum absolute atomic E-state index is 0.0193. The first-order valence-electron chi connectivity index (χ1n) is 9.52. The van der Waals surface area contributed by atoms with Crippen LogP contribution in [-0.2, 0) is 21.1 Å². The minimum Gasteiger partial charge on any atom is -0.451 e. The first-order chi connectivity index (χ1) is 14.0. The number of sulfone groups is 1. The van der Waals surface area contributed by atoms with E-state index in [-0.39, 0.29) is 17.1 Å². The van der Waals surface area contributed by atoms with Gasteiger partial charge in [0.1, 0.15) is 5.58 Å². The summed E-state index contributed by atoms with van der Waals surface area (Å²) in [5.74, 6) is -0.470. The van der Waals surface area contributed by atoms with Gasteiger partial charge in [-0.2, -0.15) is 0 Å². The number of benzene rings is 2. The highest BCUT2D eigenvalue weighted by Gasteiger charge is 2.27. The van der Waals surface area contributed by atoms with Gasteiger partial charge in [-0.05, 0) is 39.0 Å². The number of nitrogens with zero attached hydrogens (tertiary/aromatic N) is 2. The predicted molar refractivity (Wildman–Crippen MR) is 117 cm³/mol. The number of carbonyl (C=O) groups is 1. The molecule has 0 saturated heterocycles. The first-order valence-corrected chi connectivity index (χ1v) is 11.6. The fraction of sp³-hybridized carbons (Fsp3) is 0.273. The lowest BCUT2D eigenvalue weighted by Gasteiger charge is -2.24. The highest BCUT2D eigenvalue weighted by molar-refractivity contribution is 7.89. The lowest BCUT2D eigenvalue weighted by atomic mass is 10.1. The molecule has 2 aromatic heterocycles. The summed E-state index contributed by atoms with van der Waals surface area (Å²) in [6.07, 6.45) is 1.13. The van der Waals surface area contributed by atoms with Crippen LogP contribution in [0.2, 0.25) is 0 Å². The van der Waals surface area contributed by atoms with E-state index < -0.39 is 15.7 Å². The second-order valence-electron chi connectivity index (χ2n) is 8.36. The Kier molecular flexibility index (Phi) is 4.69. The summed E-state index contributed by atoms with van der Waals surface area (Å²) < 4.78 is 31.7. The molecule has 0 atom stereocenters. The van der Waals surface area contributed by atoms with E-state index in [0.29, 0.717) is 22.5 Å². The number of nitrogens with one attached hydrogen (secondary N) is 1. The van der Waals surface area contributed by atoms with Crippen LogP contribution in [0.5, 0.6) is 0 Å². The Morgan fingerprint density at radius 3 is 2.47 bits per heavy atom. The summed E-state index contributed by atoms with van der Waals surface area (Å²) in [4.78, 5) is 17.8. The van der Waals surface area contributed by atoms with Crippen molar-refractivity contribution in [1.29, 1.82) is 0 Å². The van der Waals surface area contributed by atoms with Crippen LogP contribution in [0.15, 0.2) is 52.9 Å². The average molecular weight is 426 g/mol. The van der Waals surface area contributed by atoms with Crippen molar-refractivity contribution in [2.45, 2.75) is 32.1 Å². The SMILES string of the molecule is CC(C)(C)n1c(NC(=O)c2oc3ccccc3c2CS(C)(=O)=O)nc2ccccc21. The minimum atomic E-state index is -3.38. The van der Waals surface area contributed by atoms with Crippen LogP contribution >= 0.6 is 0 Å². The van der Waals surface area contributed by atoms with Crippen molar-refractivity contribution in [2.24, 2.45) is 0 Å². The Balaban J connectivity index is 1.82. The summed E-state index contributed by atoms with van der Waals surface area (Å²) in [6, 6.07) is 14.6. The summed E-state index contributed by atoms with van der Waals surface area (Å²) in [5.41, 5.74) is 2.11. The van der Waals surface area contributed by atoms with Crippen molar-refractivity contribution >= 4 is 43.7 Å². The molecule has 0 spiro atoms. The Labute approximate surface area is 174 Å². The zero-order valence-corrected chi connectivity index (χ0v) is 18.1. The molecule has 2 aromatic carbocycles. The number of anilines is 1. The zero-order valence-electron chi connectivity index (χ0n) is 17.3. The van der Waals surface area contributed by atoms with Crippen LogP contribution in [0.4, 0.5) is 5.95 Å². The summed E-state index contributed by atoms with van der Waals surface area (Å²) >= 11 is 0. The summed E-state index contributed by atoms with van der Waals surface area (Å²) in [6.45, 7) is 6.06. The largest absolute Gasteiger partial charge is 0.451 e. The quantitative estimate of drug-likeness (QED) is 0.525. The predicted octanol–water partition coefficient (Wildman–Crippen LogP) is 4.33. The molecule has 0 radical (unpaired) electrons. The Morgan fingerprint density at radius 1 is 1.10 bits per heavy atom. The Bertz CT molecular complexity index is 1370. The third kappa shape index (κ3) is 3.70. The molecule has 4 aromatic rings. The lowest BCUT2D eigenvalue weighted by Crippen LogP contribution is -2.26. The molecular formula is C22H23N3O4S. The molecule has 0 aliphatic carbocycles. The maximum atomic E-state index is 13.2. The molecule has 0 bridgehead atoms. The van der Waals surface area contributed by atoms with Crippen LogP contribution in [0.1, 0.15) is 36.9 Å². The molecule has 1 amide bonds. The molecule has 8 heteroatoms. The number of carbonyl (C=O) groups excluding carboxylic acids is 1. The molecule has 7 nitrogen and oxygen atoms in total. The van der Waals surface area contributed by atoms with Gasteiger partial charge in [0.05, 0.1) is 16.8 Å². The zero-order chi connectivity index (χ0) is 21.7. The number of fused-ring (bicyclic) bond motifs is 2. The standard InChI is InChI=1S/C22H23N3O4S/c1-22(2,3)25-17-11-7-6-10-16(17)23-21(25)24-20(26)19-15(13-30(4,27)28)14-9-5-8-12-18(14)29-19/h5-12H,13H2,1-4H3,(H,23,24,26). The fourth-order valence-corrected chi connectivity index (χ4v) is 4.45. The van der Waals surface area contributed by atoms with Crippen LogP contribution in [-0.4, -0.2) is 30.1 Å². The third-order valence-corrected chi connectivity index (χ3v) is 5.58. The molecule has 0 unspecified atom stereocenters. The van der Waals surface area contributed by atoms with E-state index in [4.69, 9.17) is 4.42 Å². The fourth-order valence-electron chi connectivity index (χ4n) is 3.63. The van der Waals surface area contributed by atoms with E-state index in [1.165, 1.54) is 0 Å². The molecule has 0 aliphatic heterocycles. The molecule has 4 rings (SSSR count). The highest BCUT2D eigenvalue weighted by Crippen LogP contribution is 2.31. The van der Waals surface area contributed by atoms with Crippen molar-refractivity contribution in [3.05, 3.63) is 59.9 Å². The van der Waals surface area contributed by atoms with Crippen LogP contribution in [0.3, 0.4) is 0 Å². The Morgan fingerprint density at radius 2 is 1.77 bits per heavy atom. The van der Waals surface area contributed by atoms with E-state index in [2.05, 4.69) is 10.3 Å². The summed E-state index contributed by atoms with van der Waals surface area (Å²) in [7, 11) is -3.38. The number of hydrogen-bond acceptors (Lipinski definition) is 5. The van der Waals surface area contributed by atoms with Gasteiger partial charge in [0.15, 0.2) is 15.6 Å². The molecule has 0 saturated carbocycles. The number of imidazole rings is 1. The van der Waals surface area contributed by atoms with Gasteiger partial charge in [-0.1, -0.05) is 30.3 Å². The van der Waals surface area contributed by atoms with Gasteiger partial charge in [0.25, 0.3) is 5.91 Å². The van der Waals surface area contributed by atoms with Crippen molar-refractivity contribution in [3.63, 3.8) is 0 Å². The van der Waals surface area contributed by atoms with Crippen molar-refractivity contribution in [1.82, 2.24) is 9.55 Å². The second kappa shape index (κ2) is 6.98. The van der Waals surface area contributed by atoms with Crippen LogP contribution < -0.4 is 5.32 Å². The number of para-hydroxylation sites is 3. The molecule has 0 fully saturated rings. The molecule has 0 aliphatic rings. The maximum Gasteiger partial charge on any atom is 0.294 e. The number of aromatic nitrogens is 2. The van der Waals surface area contributed by atoms with Crippen LogP contribution in [0.25, 0.3) is 22.0 Å². The first kappa shape index (κ1) is 20.2. The van der Waals surface area contributed by atoms with E-state index in [9.17, 15) is 13.2 Å². The van der Waals surface area contributed by atoms with Gasteiger partial charge in [-0.25, -0.2) is 13.4 Å². The summed E-state index contributed by atoms with van der Waals surface area (Å²) in [5, 5.41) is 3.44. The third-order valence-electron chi connectivity index (χ3n) is 4.77. The average Bonchev–Trinajstić information content (AvgIpc) is 3.18. The van der Waals surface area contributed by atoms with Gasteiger partial charge in [-0.3, -0.25) is 10.1 Å². The number of amides is 1. The number of hydrogen-bond donors (Lipinski definition) is 1. The van der Waals surface area contributed by atoms with Gasteiger partial charge < -0.3 is 8.98 Å². The van der Waals surface area contributed by atoms with Crippen molar-refractivity contribution in [3.8, 4) is 0 Å². The Hall–Kier alpha value is -3.13. The number of furan rings is 1. The van der Waals surface area contributed by atoms with Gasteiger partial charge in [0.2, 0.25) is 5.95 Å². The van der Waals surface area contributed by atoms with E-state index in [1.807, 2.05) is 49.6 Å². The number of rotatable bonds is 4. The van der Waals surface area contributed by atoms with Crippen molar-refractivity contribution < 1.29 is 17.6 Å². The topological polar surface area (TPSA) is 94.2 Å². The molecule has 1 N–H and O–H groups in total. The normalized spacial score (nSPS) is 12.5. The molecule has 30 heavy (non-hydrogen) atoms. The van der Waals surface area contributed by atoms with E-state index in [0.717, 1.165) is 17.3 Å². The molecule has 156 valence electrons. The van der Waals surface area contributed by atoms with Crippen molar-refractivity contribution in [2.75, 3.05) is 11.6 Å². The second-order valence-corrected chi connectivity index (χ2v) is 10.5. The molecule has 2 heterocycles. The van der Waals surface area contributed by atoms with E-state index in [1.54, 1.807) is 24.3 Å². The van der Waals surface area contributed by atoms with Crippen LogP contribution in [0, 0.1) is 0 Å². The maximum absolute atomic E-state index is 13.2. The lowest BCUT2D eigenvalue weighted by molar-refractivity contribution is 0.0996. The van der Waals surface area contributed by atoms with Gasteiger partial charge >= 0.3 is 0 Å².